The Labute approximate surface area is 192 Å². The lowest BCUT2D eigenvalue weighted by Gasteiger charge is -2.36. The van der Waals surface area contributed by atoms with Crippen LogP contribution in [0.25, 0.3) is 0 Å². The number of allylic oxidation sites excluding steroid dienone is 2. The Bertz CT molecular complexity index is 673. The average Bonchev–Trinajstić information content (AvgIpc) is 2.74. The highest BCUT2D eigenvalue weighted by molar-refractivity contribution is 5.27. The molecular formula is C28H48N2O. The van der Waals surface area contributed by atoms with E-state index in [2.05, 4.69) is 82.7 Å². The van der Waals surface area contributed by atoms with Gasteiger partial charge in [0, 0.05) is 19.1 Å². The monoisotopic (exact) mass is 428 g/mol. The highest BCUT2D eigenvalue weighted by atomic mass is 16.5. The minimum Gasteiger partial charge on any atom is -0.494 e. The van der Waals surface area contributed by atoms with Crippen LogP contribution < -0.4 is 4.74 Å². The summed E-state index contributed by atoms with van der Waals surface area (Å²) in [6.45, 7) is 19.2. The molecule has 0 saturated heterocycles. The van der Waals surface area contributed by atoms with Gasteiger partial charge in [0.25, 0.3) is 0 Å². The van der Waals surface area contributed by atoms with E-state index in [1.54, 1.807) is 11.1 Å². The first-order chi connectivity index (χ1) is 14.8. The molecule has 0 aromatic heterocycles. The molecule has 0 N–H and O–H groups in total. The fourth-order valence-electron chi connectivity index (χ4n) is 4.95. The van der Waals surface area contributed by atoms with Gasteiger partial charge in [0.15, 0.2) is 0 Å². The highest BCUT2D eigenvalue weighted by Gasteiger charge is 2.28. The lowest BCUT2D eigenvalue weighted by molar-refractivity contribution is 0.232. The van der Waals surface area contributed by atoms with E-state index >= 15 is 0 Å². The molecule has 0 saturated carbocycles. The first-order valence-corrected chi connectivity index (χ1v) is 12.6. The molecule has 0 amide bonds. The normalized spacial score (nSPS) is 17.5. The number of rotatable bonds is 13. The predicted molar refractivity (Wildman–Crippen MR) is 135 cm³/mol. The first-order valence-electron chi connectivity index (χ1n) is 12.6. The first kappa shape index (κ1) is 25.9. The summed E-state index contributed by atoms with van der Waals surface area (Å²) in [5.41, 5.74) is 5.13. The van der Waals surface area contributed by atoms with E-state index in [0.717, 1.165) is 45.0 Å². The SMILES string of the molecule is CCN(CC)CCCOc1ccc(CN(C)[C@H](C)CCC2=C(C)CCCC2(C)C)cc1. The van der Waals surface area contributed by atoms with Crippen molar-refractivity contribution in [2.45, 2.75) is 92.7 Å². The number of ether oxygens (including phenoxy) is 1. The summed E-state index contributed by atoms with van der Waals surface area (Å²) in [6.07, 6.45) is 7.55. The summed E-state index contributed by atoms with van der Waals surface area (Å²) in [4.78, 5) is 4.93. The molecule has 1 aliphatic carbocycles. The smallest absolute Gasteiger partial charge is 0.119 e. The van der Waals surface area contributed by atoms with Crippen molar-refractivity contribution in [2.24, 2.45) is 5.41 Å². The molecule has 0 heterocycles. The summed E-state index contributed by atoms with van der Waals surface area (Å²) < 4.78 is 5.94. The van der Waals surface area contributed by atoms with E-state index in [-0.39, 0.29) is 0 Å². The third-order valence-electron chi connectivity index (χ3n) is 7.39. The van der Waals surface area contributed by atoms with Crippen molar-refractivity contribution in [2.75, 3.05) is 33.3 Å². The summed E-state index contributed by atoms with van der Waals surface area (Å²) in [7, 11) is 2.26. The van der Waals surface area contributed by atoms with Gasteiger partial charge in [-0.1, -0.05) is 51.0 Å². The highest BCUT2D eigenvalue weighted by Crippen LogP contribution is 2.42. The van der Waals surface area contributed by atoms with Crippen molar-refractivity contribution in [3.8, 4) is 5.75 Å². The van der Waals surface area contributed by atoms with Gasteiger partial charge in [-0.05, 0) is 95.6 Å². The summed E-state index contributed by atoms with van der Waals surface area (Å²) in [6, 6.07) is 9.28. The third-order valence-corrected chi connectivity index (χ3v) is 7.39. The molecule has 0 fully saturated rings. The Kier molecular flexibility index (Phi) is 10.6. The van der Waals surface area contributed by atoms with Crippen LogP contribution in [-0.2, 0) is 6.54 Å². The number of hydrogen-bond acceptors (Lipinski definition) is 3. The van der Waals surface area contributed by atoms with E-state index in [1.165, 1.54) is 37.7 Å². The molecule has 2 rings (SSSR count). The maximum absolute atomic E-state index is 5.94. The third kappa shape index (κ3) is 8.27. The molecule has 1 aromatic rings. The van der Waals surface area contributed by atoms with Gasteiger partial charge in [0.05, 0.1) is 6.61 Å². The van der Waals surface area contributed by atoms with Gasteiger partial charge in [-0.2, -0.15) is 0 Å². The Morgan fingerprint density at radius 3 is 2.39 bits per heavy atom. The fourth-order valence-corrected chi connectivity index (χ4v) is 4.95. The second kappa shape index (κ2) is 12.6. The standard InChI is InChI=1S/C28H48N2O/c1-8-30(9-2)20-11-21-31-26-16-14-25(15-17-26)22-29(7)24(4)13-18-27-23(3)12-10-19-28(27,5)6/h14-17,24H,8-13,18-22H2,1-7H3/t24-/m1/s1. The van der Waals surface area contributed by atoms with Gasteiger partial charge in [-0.3, -0.25) is 4.90 Å². The van der Waals surface area contributed by atoms with Crippen molar-refractivity contribution in [3.05, 3.63) is 41.0 Å². The van der Waals surface area contributed by atoms with Gasteiger partial charge in [-0.15, -0.1) is 0 Å². The van der Waals surface area contributed by atoms with E-state index in [0.29, 0.717) is 11.5 Å². The lowest BCUT2D eigenvalue weighted by Crippen LogP contribution is -2.29. The Balaban J connectivity index is 1.76. The molecular weight excluding hydrogens is 380 g/mol. The summed E-state index contributed by atoms with van der Waals surface area (Å²) in [5, 5.41) is 0. The molecule has 3 heteroatoms. The molecule has 0 spiro atoms. The molecule has 0 unspecified atom stereocenters. The van der Waals surface area contributed by atoms with E-state index in [9.17, 15) is 0 Å². The van der Waals surface area contributed by atoms with Crippen molar-refractivity contribution >= 4 is 0 Å². The Morgan fingerprint density at radius 2 is 1.77 bits per heavy atom. The van der Waals surface area contributed by atoms with E-state index in [1.807, 2.05) is 0 Å². The minimum atomic E-state index is 0.391. The maximum atomic E-state index is 5.94. The summed E-state index contributed by atoms with van der Waals surface area (Å²) >= 11 is 0. The van der Waals surface area contributed by atoms with Crippen molar-refractivity contribution in [1.29, 1.82) is 0 Å². The zero-order valence-electron chi connectivity index (χ0n) is 21.5. The van der Waals surface area contributed by atoms with Crippen LogP contribution in [-0.4, -0.2) is 49.1 Å². The van der Waals surface area contributed by atoms with Crippen LogP contribution >= 0.6 is 0 Å². The van der Waals surface area contributed by atoms with Crippen molar-refractivity contribution in [3.63, 3.8) is 0 Å². The number of hydrogen-bond donors (Lipinski definition) is 0. The van der Waals surface area contributed by atoms with Gasteiger partial charge >= 0.3 is 0 Å². The van der Waals surface area contributed by atoms with Crippen LogP contribution in [0.3, 0.4) is 0 Å². The quantitative estimate of drug-likeness (QED) is 0.250. The largest absolute Gasteiger partial charge is 0.494 e. The molecule has 31 heavy (non-hydrogen) atoms. The molecule has 1 atom stereocenters. The zero-order valence-corrected chi connectivity index (χ0v) is 21.5. The number of nitrogens with zero attached hydrogens (tertiary/aromatic N) is 2. The maximum Gasteiger partial charge on any atom is 0.119 e. The van der Waals surface area contributed by atoms with Crippen LogP contribution in [0.5, 0.6) is 5.75 Å². The lowest BCUT2D eigenvalue weighted by atomic mass is 9.71. The van der Waals surface area contributed by atoms with Crippen molar-refractivity contribution < 1.29 is 4.74 Å². The number of benzene rings is 1. The van der Waals surface area contributed by atoms with Gasteiger partial charge in [-0.25, -0.2) is 0 Å². The minimum absolute atomic E-state index is 0.391. The van der Waals surface area contributed by atoms with Crippen LogP contribution in [0, 0.1) is 5.41 Å². The van der Waals surface area contributed by atoms with Gasteiger partial charge in [0.2, 0.25) is 0 Å². The van der Waals surface area contributed by atoms with E-state index < -0.39 is 0 Å². The zero-order chi connectivity index (χ0) is 22.9. The second-order valence-corrected chi connectivity index (χ2v) is 10.2. The molecule has 3 nitrogen and oxygen atoms in total. The van der Waals surface area contributed by atoms with Crippen LogP contribution in [0.4, 0.5) is 0 Å². The fraction of sp³-hybridized carbons (Fsp3) is 0.714. The second-order valence-electron chi connectivity index (χ2n) is 10.2. The van der Waals surface area contributed by atoms with E-state index in [4.69, 9.17) is 4.74 Å². The van der Waals surface area contributed by atoms with Crippen LogP contribution in [0.1, 0.15) is 85.6 Å². The molecule has 0 bridgehead atoms. The van der Waals surface area contributed by atoms with Crippen LogP contribution in [0.15, 0.2) is 35.4 Å². The molecule has 176 valence electrons. The molecule has 0 radical (unpaired) electrons. The Hall–Kier alpha value is -1.32. The van der Waals surface area contributed by atoms with Crippen molar-refractivity contribution in [1.82, 2.24) is 9.80 Å². The van der Waals surface area contributed by atoms with Crippen LogP contribution in [0.2, 0.25) is 0 Å². The average molecular weight is 429 g/mol. The topological polar surface area (TPSA) is 15.7 Å². The van der Waals surface area contributed by atoms with Gasteiger partial charge < -0.3 is 9.64 Å². The summed E-state index contributed by atoms with van der Waals surface area (Å²) in [5.74, 6) is 0.987. The molecule has 1 aromatic carbocycles. The molecule has 1 aliphatic rings. The predicted octanol–water partition coefficient (Wildman–Crippen LogP) is 6.92. The molecule has 0 aliphatic heterocycles. The van der Waals surface area contributed by atoms with Gasteiger partial charge in [0.1, 0.15) is 5.75 Å². The Morgan fingerprint density at radius 1 is 1.10 bits per heavy atom.